The van der Waals surface area contributed by atoms with E-state index in [0.29, 0.717) is 29.0 Å². The van der Waals surface area contributed by atoms with Gasteiger partial charge in [-0.1, -0.05) is 23.2 Å². The van der Waals surface area contributed by atoms with E-state index in [1.807, 2.05) is 0 Å². The van der Waals surface area contributed by atoms with E-state index in [9.17, 15) is 4.79 Å². The molecular formula is C14H14Cl2N2O3. The second-order valence-electron chi connectivity index (χ2n) is 4.69. The second kappa shape index (κ2) is 7.51. The van der Waals surface area contributed by atoms with E-state index in [2.05, 4.69) is 11.4 Å². The molecule has 1 N–H and O–H groups in total. The summed E-state index contributed by atoms with van der Waals surface area (Å²) in [6, 6.07) is 6.22. The third kappa shape index (κ3) is 4.78. The van der Waals surface area contributed by atoms with Gasteiger partial charge in [0, 0.05) is 22.6 Å². The SMILES string of the molecule is N#C[C@H](NC(=O)COc1cc(Cl)cc(Cl)c1)[C@H]1CCOC1. The van der Waals surface area contributed by atoms with Crippen molar-refractivity contribution in [2.24, 2.45) is 5.92 Å². The highest BCUT2D eigenvalue weighted by Gasteiger charge is 2.27. The molecule has 0 bridgehead atoms. The summed E-state index contributed by atoms with van der Waals surface area (Å²) in [4.78, 5) is 11.8. The number of carbonyl (C=O) groups is 1. The highest BCUT2D eigenvalue weighted by Crippen LogP contribution is 2.24. The van der Waals surface area contributed by atoms with Gasteiger partial charge in [-0.25, -0.2) is 0 Å². The van der Waals surface area contributed by atoms with Crippen LogP contribution in [0.2, 0.25) is 10.0 Å². The van der Waals surface area contributed by atoms with E-state index in [4.69, 9.17) is 37.9 Å². The van der Waals surface area contributed by atoms with E-state index >= 15 is 0 Å². The van der Waals surface area contributed by atoms with Crippen LogP contribution in [-0.2, 0) is 9.53 Å². The third-order valence-corrected chi connectivity index (χ3v) is 3.53. The smallest absolute Gasteiger partial charge is 0.258 e. The summed E-state index contributed by atoms with van der Waals surface area (Å²) in [5, 5.41) is 12.6. The summed E-state index contributed by atoms with van der Waals surface area (Å²) >= 11 is 11.7. The van der Waals surface area contributed by atoms with Gasteiger partial charge in [0.05, 0.1) is 12.7 Å². The number of halogens is 2. The standard InChI is InChI=1S/C14H14Cl2N2O3/c15-10-3-11(16)5-12(4-10)21-8-14(19)18-13(6-17)9-1-2-20-7-9/h3-5,9,13H,1-2,7-8H2,(H,18,19)/t9-,13-/m0/s1. The van der Waals surface area contributed by atoms with Crippen molar-refractivity contribution in [1.29, 1.82) is 5.26 Å². The maximum atomic E-state index is 11.8. The zero-order valence-electron chi connectivity index (χ0n) is 11.1. The minimum Gasteiger partial charge on any atom is -0.484 e. The highest BCUT2D eigenvalue weighted by atomic mass is 35.5. The molecule has 0 aromatic heterocycles. The monoisotopic (exact) mass is 328 g/mol. The minimum atomic E-state index is -0.563. The van der Waals surface area contributed by atoms with Crippen LogP contribution in [0.1, 0.15) is 6.42 Å². The van der Waals surface area contributed by atoms with E-state index in [1.54, 1.807) is 18.2 Å². The van der Waals surface area contributed by atoms with Crippen LogP contribution in [0.25, 0.3) is 0 Å². The number of benzene rings is 1. The first-order valence-electron chi connectivity index (χ1n) is 6.44. The molecule has 1 amide bonds. The predicted octanol–water partition coefficient (Wildman–Crippen LogP) is 2.42. The largest absolute Gasteiger partial charge is 0.484 e. The lowest BCUT2D eigenvalue weighted by atomic mass is 10.0. The van der Waals surface area contributed by atoms with E-state index in [1.165, 1.54) is 0 Å². The first-order chi connectivity index (χ1) is 10.1. The summed E-state index contributed by atoms with van der Waals surface area (Å²) in [5.74, 6) is 0.0597. The predicted molar refractivity (Wildman–Crippen MR) is 78.4 cm³/mol. The number of carbonyl (C=O) groups excluding carboxylic acids is 1. The Morgan fingerprint density at radius 2 is 2.19 bits per heavy atom. The molecule has 1 aromatic rings. The van der Waals surface area contributed by atoms with Crippen LogP contribution in [0.4, 0.5) is 0 Å². The van der Waals surface area contributed by atoms with Crippen LogP contribution < -0.4 is 10.1 Å². The molecule has 1 aliphatic rings. The van der Waals surface area contributed by atoms with Gasteiger partial charge in [0.1, 0.15) is 11.8 Å². The van der Waals surface area contributed by atoms with Gasteiger partial charge in [0.15, 0.2) is 6.61 Å². The maximum Gasteiger partial charge on any atom is 0.258 e. The molecule has 1 heterocycles. The first-order valence-corrected chi connectivity index (χ1v) is 7.19. The van der Waals surface area contributed by atoms with Gasteiger partial charge in [-0.2, -0.15) is 5.26 Å². The Hall–Kier alpha value is -1.48. The Balaban J connectivity index is 1.85. The van der Waals surface area contributed by atoms with Gasteiger partial charge in [-0.3, -0.25) is 4.79 Å². The Morgan fingerprint density at radius 1 is 1.48 bits per heavy atom. The van der Waals surface area contributed by atoms with E-state index in [0.717, 1.165) is 6.42 Å². The first kappa shape index (κ1) is 15.9. The number of nitriles is 1. The van der Waals surface area contributed by atoms with Crippen molar-refractivity contribution >= 4 is 29.1 Å². The molecule has 0 unspecified atom stereocenters. The molecule has 5 nitrogen and oxygen atoms in total. The topological polar surface area (TPSA) is 71.4 Å². The lowest BCUT2D eigenvalue weighted by Crippen LogP contribution is -2.41. The van der Waals surface area contributed by atoms with Crippen LogP contribution in [0, 0.1) is 17.2 Å². The number of amides is 1. The average Bonchev–Trinajstić information content (AvgIpc) is 2.95. The number of hydrogen-bond acceptors (Lipinski definition) is 4. The molecule has 1 aromatic carbocycles. The molecule has 2 atom stereocenters. The molecule has 21 heavy (non-hydrogen) atoms. The molecule has 2 rings (SSSR count). The van der Waals surface area contributed by atoms with Crippen molar-refractivity contribution < 1.29 is 14.3 Å². The second-order valence-corrected chi connectivity index (χ2v) is 5.56. The van der Waals surface area contributed by atoms with E-state index < -0.39 is 6.04 Å². The molecule has 1 aliphatic heterocycles. The quantitative estimate of drug-likeness (QED) is 0.900. The van der Waals surface area contributed by atoms with Gasteiger partial charge in [0.25, 0.3) is 5.91 Å². The highest BCUT2D eigenvalue weighted by molar-refractivity contribution is 6.34. The van der Waals surface area contributed by atoms with Gasteiger partial charge in [-0.05, 0) is 24.6 Å². The van der Waals surface area contributed by atoms with Gasteiger partial charge in [-0.15, -0.1) is 0 Å². The van der Waals surface area contributed by atoms with Gasteiger partial charge >= 0.3 is 0 Å². The Morgan fingerprint density at radius 3 is 2.76 bits per heavy atom. The summed E-state index contributed by atoms with van der Waals surface area (Å²) in [7, 11) is 0. The Kier molecular flexibility index (Phi) is 5.68. The molecule has 0 radical (unpaired) electrons. The lowest BCUT2D eigenvalue weighted by Gasteiger charge is -2.16. The minimum absolute atomic E-state index is 0.0274. The molecule has 112 valence electrons. The number of hydrogen-bond donors (Lipinski definition) is 1. The average molecular weight is 329 g/mol. The summed E-state index contributed by atoms with van der Waals surface area (Å²) in [5.41, 5.74) is 0. The zero-order chi connectivity index (χ0) is 15.2. The maximum absolute atomic E-state index is 11.8. The number of rotatable bonds is 5. The number of nitrogens with one attached hydrogen (secondary N) is 1. The molecule has 1 saturated heterocycles. The Bertz CT molecular complexity index is 533. The fourth-order valence-electron chi connectivity index (χ4n) is 2.05. The zero-order valence-corrected chi connectivity index (χ0v) is 12.7. The molecule has 0 spiro atoms. The number of ether oxygens (including phenoxy) is 2. The third-order valence-electron chi connectivity index (χ3n) is 3.10. The lowest BCUT2D eigenvalue weighted by molar-refractivity contribution is -0.123. The van der Waals surface area contributed by atoms with Crippen molar-refractivity contribution in [2.75, 3.05) is 19.8 Å². The molecule has 7 heteroatoms. The molecule has 1 fully saturated rings. The van der Waals surface area contributed by atoms with Crippen molar-refractivity contribution in [3.8, 4) is 11.8 Å². The normalized spacial score (nSPS) is 18.8. The van der Waals surface area contributed by atoms with Crippen LogP contribution >= 0.6 is 23.2 Å². The summed E-state index contributed by atoms with van der Waals surface area (Å²) in [6.07, 6.45) is 0.767. The number of nitrogens with zero attached hydrogens (tertiary/aromatic N) is 1. The fraction of sp³-hybridized carbons (Fsp3) is 0.429. The van der Waals surface area contributed by atoms with Crippen LogP contribution in [0.15, 0.2) is 18.2 Å². The summed E-state index contributed by atoms with van der Waals surface area (Å²) in [6.45, 7) is 0.905. The van der Waals surface area contributed by atoms with Crippen molar-refractivity contribution in [2.45, 2.75) is 12.5 Å². The molecule has 0 aliphatic carbocycles. The molecule has 0 saturated carbocycles. The molecular weight excluding hydrogens is 315 g/mol. The van der Waals surface area contributed by atoms with Crippen LogP contribution in [0.3, 0.4) is 0 Å². The van der Waals surface area contributed by atoms with Crippen LogP contribution in [-0.4, -0.2) is 31.8 Å². The van der Waals surface area contributed by atoms with Gasteiger partial charge < -0.3 is 14.8 Å². The summed E-state index contributed by atoms with van der Waals surface area (Å²) < 4.78 is 10.5. The Labute approximate surface area is 132 Å². The van der Waals surface area contributed by atoms with Crippen molar-refractivity contribution in [3.05, 3.63) is 28.2 Å². The van der Waals surface area contributed by atoms with Crippen molar-refractivity contribution in [3.63, 3.8) is 0 Å². The van der Waals surface area contributed by atoms with Gasteiger partial charge in [0.2, 0.25) is 0 Å². The van der Waals surface area contributed by atoms with E-state index in [-0.39, 0.29) is 18.4 Å². The van der Waals surface area contributed by atoms with Crippen molar-refractivity contribution in [1.82, 2.24) is 5.32 Å². The fourth-order valence-corrected chi connectivity index (χ4v) is 2.55. The van der Waals surface area contributed by atoms with Crippen LogP contribution in [0.5, 0.6) is 5.75 Å².